The van der Waals surface area contributed by atoms with Gasteiger partial charge in [-0.05, 0) is 79.8 Å². The Morgan fingerprint density at radius 2 is 1.89 bits per heavy atom. The topological polar surface area (TPSA) is 67.9 Å². The molecule has 2 amide bonds. The average Bonchev–Trinajstić information content (AvgIpc) is 3.16. The minimum absolute atomic E-state index is 0.166. The Morgan fingerprint density at radius 3 is 2.65 bits per heavy atom. The molecule has 0 spiro atoms. The molecule has 4 rings (SSSR count). The summed E-state index contributed by atoms with van der Waals surface area (Å²) in [5.41, 5.74) is 3.28. The number of hydrogen-bond donors (Lipinski definition) is 1. The molecule has 0 aliphatic carbocycles. The van der Waals surface area contributed by atoms with Crippen LogP contribution >= 0.6 is 35.7 Å². The van der Waals surface area contributed by atoms with Crippen molar-refractivity contribution in [3.63, 3.8) is 0 Å². The monoisotopic (exact) mass is 550 g/mol. The van der Waals surface area contributed by atoms with Crippen LogP contribution in [0.3, 0.4) is 0 Å². The summed E-state index contributed by atoms with van der Waals surface area (Å²) in [5, 5.41) is 2.83. The number of aryl methyl sites for hydroxylation is 1. The van der Waals surface area contributed by atoms with Crippen LogP contribution in [0.15, 0.2) is 76.5 Å². The van der Waals surface area contributed by atoms with Crippen molar-refractivity contribution in [2.24, 2.45) is 0 Å². The van der Waals surface area contributed by atoms with Crippen LogP contribution in [0.1, 0.15) is 18.1 Å². The summed E-state index contributed by atoms with van der Waals surface area (Å²) < 4.78 is 12.0. The summed E-state index contributed by atoms with van der Waals surface area (Å²) in [6, 6.07) is 20.6. The molecule has 190 valence electrons. The molecule has 9 heteroatoms. The van der Waals surface area contributed by atoms with E-state index < -0.39 is 0 Å². The molecule has 1 aliphatic rings. The first-order valence-corrected chi connectivity index (χ1v) is 14.0. The van der Waals surface area contributed by atoms with Crippen LogP contribution in [0.2, 0.25) is 0 Å². The van der Waals surface area contributed by atoms with Gasteiger partial charge in [-0.1, -0.05) is 48.2 Å². The summed E-state index contributed by atoms with van der Waals surface area (Å²) in [6.45, 7) is 4.09. The maximum atomic E-state index is 13.2. The van der Waals surface area contributed by atoms with Crippen molar-refractivity contribution >= 4 is 69.3 Å². The summed E-state index contributed by atoms with van der Waals surface area (Å²) in [7, 11) is 0. The molecular formula is C28H26N2O4S3. The van der Waals surface area contributed by atoms with Gasteiger partial charge in [0.05, 0.1) is 17.2 Å². The standard InChI is InChI=1S/C28H26N2O4S3/c1-4-33-24-14-19(11-12-23(24)34-17-26(31)29-20-8-5-7-18(2)13-20)15-25-27(32)30(28(35)37-25)21-9-6-10-22(16-21)36-3/h5-16H,4,17H2,1-3H3,(H,29,31)/b25-15+. The molecule has 3 aromatic rings. The molecule has 0 unspecified atom stereocenters. The first-order chi connectivity index (χ1) is 17.9. The Bertz CT molecular complexity index is 1370. The summed E-state index contributed by atoms with van der Waals surface area (Å²) in [5.74, 6) is 0.494. The highest BCUT2D eigenvalue weighted by Crippen LogP contribution is 2.38. The highest BCUT2D eigenvalue weighted by atomic mass is 32.2. The minimum Gasteiger partial charge on any atom is -0.490 e. The third-order valence-corrected chi connectivity index (χ3v) is 7.36. The molecule has 0 atom stereocenters. The van der Waals surface area contributed by atoms with Gasteiger partial charge in [-0.2, -0.15) is 0 Å². The predicted molar refractivity (Wildman–Crippen MR) is 157 cm³/mol. The fourth-order valence-electron chi connectivity index (χ4n) is 3.66. The Hall–Kier alpha value is -3.27. The lowest BCUT2D eigenvalue weighted by molar-refractivity contribution is -0.118. The van der Waals surface area contributed by atoms with Crippen LogP contribution in [-0.2, 0) is 9.59 Å². The van der Waals surface area contributed by atoms with Gasteiger partial charge in [0.15, 0.2) is 22.4 Å². The van der Waals surface area contributed by atoms with Crippen molar-refractivity contribution in [3.8, 4) is 11.5 Å². The molecule has 1 heterocycles. The number of nitrogens with one attached hydrogen (secondary N) is 1. The van der Waals surface area contributed by atoms with E-state index in [0.29, 0.717) is 33.0 Å². The van der Waals surface area contributed by atoms with E-state index in [1.54, 1.807) is 34.9 Å². The number of carbonyl (C=O) groups excluding carboxylic acids is 2. The van der Waals surface area contributed by atoms with Gasteiger partial charge >= 0.3 is 0 Å². The van der Waals surface area contributed by atoms with Crippen molar-refractivity contribution < 1.29 is 19.1 Å². The number of thiocarbonyl (C=S) groups is 1. The molecule has 0 aromatic heterocycles. The van der Waals surface area contributed by atoms with E-state index in [9.17, 15) is 9.59 Å². The van der Waals surface area contributed by atoms with Gasteiger partial charge < -0.3 is 14.8 Å². The molecule has 37 heavy (non-hydrogen) atoms. The number of thioether (sulfide) groups is 2. The van der Waals surface area contributed by atoms with E-state index in [-0.39, 0.29) is 18.4 Å². The first kappa shape index (κ1) is 26.8. The van der Waals surface area contributed by atoms with Crippen LogP contribution in [0, 0.1) is 6.92 Å². The van der Waals surface area contributed by atoms with Crippen LogP contribution < -0.4 is 19.7 Å². The molecular weight excluding hydrogens is 525 g/mol. The quantitative estimate of drug-likeness (QED) is 0.184. The third-order valence-electron chi connectivity index (χ3n) is 5.33. The molecule has 6 nitrogen and oxygen atoms in total. The van der Waals surface area contributed by atoms with Gasteiger partial charge in [0.1, 0.15) is 0 Å². The van der Waals surface area contributed by atoms with Gasteiger partial charge in [0.25, 0.3) is 11.8 Å². The van der Waals surface area contributed by atoms with Gasteiger partial charge in [-0.25, -0.2) is 0 Å². The van der Waals surface area contributed by atoms with Crippen molar-refractivity contribution in [2.75, 3.05) is 29.7 Å². The fraction of sp³-hybridized carbons (Fsp3) is 0.179. The van der Waals surface area contributed by atoms with E-state index in [2.05, 4.69) is 5.32 Å². The SMILES string of the molecule is CCOc1cc(/C=C2/SC(=S)N(c3cccc(SC)c3)C2=O)ccc1OCC(=O)Nc1cccc(C)c1. The third kappa shape index (κ3) is 6.74. The zero-order valence-corrected chi connectivity index (χ0v) is 23.1. The number of nitrogens with zero attached hydrogens (tertiary/aromatic N) is 1. The summed E-state index contributed by atoms with van der Waals surface area (Å²) >= 11 is 8.38. The Kier molecular flexibility index (Phi) is 8.91. The van der Waals surface area contributed by atoms with Crippen molar-refractivity contribution in [2.45, 2.75) is 18.7 Å². The molecule has 0 saturated carbocycles. The van der Waals surface area contributed by atoms with Crippen LogP contribution in [0.25, 0.3) is 6.08 Å². The number of rotatable bonds is 9. The molecule has 0 radical (unpaired) electrons. The number of anilines is 2. The molecule has 1 N–H and O–H groups in total. The number of amides is 2. The van der Waals surface area contributed by atoms with Gasteiger partial charge in [-0.3, -0.25) is 14.5 Å². The second kappa shape index (κ2) is 12.3. The second-order valence-corrected chi connectivity index (χ2v) is 10.6. The van der Waals surface area contributed by atoms with E-state index in [1.807, 2.05) is 74.7 Å². The zero-order chi connectivity index (χ0) is 26.4. The average molecular weight is 551 g/mol. The van der Waals surface area contributed by atoms with E-state index in [4.69, 9.17) is 21.7 Å². The van der Waals surface area contributed by atoms with E-state index in [1.165, 1.54) is 11.8 Å². The summed E-state index contributed by atoms with van der Waals surface area (Å²) in [6.07, 6.45) is 3.78. The Balaban J connectivity index is 1.48. The second-order valence-electron chi connectivity index (χ2n) is 8.06. The maximum Gasteiger partial charge on any atom is 0.270 e. The summed E-state index contributed by atoms with van der Waals surface area (Å²) in [4.78, 5) is 28.7. The van der Waals surface area contributed by atoms with Crippen LogP contribution in [-0.4, -0.2) is 35.6 Å². The lowest BCUT2D eigenvalue weighted by Crippen LogP contribution is -2.27. The highest BCUT2D eigenvalue weighted by molar-refractivity contribution is 8.27. The van der Waals surface area contributed by atoms with E-state index >= 15 is 0 Å². The fourth-order valence-corrected chi connectivity index (χ4v) is 5.41. The molecule has 3 aromatic carbocycles. The smallest absolute Gasteiger partial charge is 0.270 e. The van der Waals surface area contributed by atoms with Crippen molar-refractivity contribution in [3.05, 3.63) is 82.8 Å². The molecule has 1 saturated heterocycles. The Morgan fingerprint density at radius 1 is 1.08 bits per heavy atom. The lowest BCUT2D eigenvalue weighted by atomic mass is 10.1. The number of carbonyl (C=O) groups is 2. The first-order valence-electron chi connectivity index (χ1n) is 11.6. The maximum absolute atomic E-state index is 13.2. The normalized spacial score (nSPS) is 14.2. The van der Waals surface area contributed by atoms with Crippen LogP contribution in [0.5, 0.6) is 11.5 Å². The predicted octanol–water partition coefficient (Wildman–Crippen LogP) is 6.54. The lowest BCUT2D eigenvalue weighted by Gasteiger charge is -2.15. The largest absolute Gasteiger partial charge is 0.490 e. The zero-order valence-electron chi connectivity index (χ0n) is 20.6. The van der Waals surface area contributed by atoms with Gasteiger partial charge in [-0.15, -0.1) is 11.8 Å². The molecule has 0 bridgehead atoms. The Labute approximate surface area is 230 Å². The molecule has 1 fully saturated rings. The van der Waals surface area contributed by atoms with Crippen LogP contribution in [0.4, 0.5) is 11.4 Å². The van der Waals surface area contributed by atoms with Gasteiger partial charge in [0.2, 0.25) is 0 Å². The highest BCUT2D eigenvalue weighted by Gasteiger charge is 2.33. The van der Waals surface area contributed by atoms with E-state index in [0.717, 1.165) is 21.7 Å². The number of ether oxygens (including phenoxy) is 2. The molecule has 1 aliphatic heterocycles. The van der Waals surface area contributed by atoms with Crippen molar-refractivity contribution in [1.29, 1.82) is 0 Å². The minimum atomic E-state index is -0.272. The number of benzene rings is 3. The van der Waals surface area contributed by atoms with Crippen molar-refractivity contribution in [1.82, 2.24) is 0 Å². The number of hydrogen-bond acceptors (Lipinski definition) is 7. The van der Waals surface area contributed by atoms with Gasteiger partial charge in [0, 0.05) is 10.6 Å².